The number of carbonyl (C=O) groups is 1. The number of alkyl carbamates (subject to hydrolysis) is 1. The number of carbonyl (C=O) groups excluding carboxylic acids is 1. The van der Waals surface area contributed by atoms with E-state index >= 15 is 0 Å². The normalized spacial score (nSPS) is 32.3. The molecule has 4 nitrogen and oxygen atoms in total. The first-order valence-corrected chi connectivity index (χ1v) is 6.64. The quantitative estimate of drug-likeness (QED) is 0.775. The minimum atomic E-state index is -0.409. The topological polar surface area (TPSA) is 50.4 Å². The van der Waals surface area contributed by atoms with Gasteiger partial charge in [0.1, 0.15) is 5.60 Å². The van der Waals surface area contributed by atoms with Gasteiger partial charge in [-0.3, -0.25) is 0 Å². The molecule has 3 unspecified atom stereocenters. The highest BCUT2D eigenvalue weighted by Gasteiger charge is 2.35. The lowest BCUT2D eigenvalue weighted by Crippen LogP contribution is -2.53. The fourth-order valence-electron chi connectivity index (χ4n) is 2.89. The number of hydrogen-bond acceptors (Lipinski definition) is 3. The molecule has 0 aromatic rings. The van der Waals surface area contributed by atoms with Gasteiger partial charge in [0.05, 0.1) is 0 Å². The van der Waals surface area contributed by atoms with Crippen molar-refractivity contribution in [2.24, 2.45) is 11.8 Å². The Bertz CT molecular complexity index is 278. The second-order valence-electron chi connectivity index (χ2n) is 6.34. The maximum absolute atomic E-state index is 11.6. The lowest BCUT2D eigenvalue weighted by atomic mass is 9.74. The van der Waals surface area contributed by atoms with Crippen LogP contribution in [0.3, 0.4) is 0 Å². The van der Waals surface area contributed by atoms with Gasteiger partial charge in [-0.25, -0.2) is 4.79 Å². The fourth-order valence-corrected chi connectivity index (χ4v) is 2.89. The zero-order valence-electron chi connectivity index (χ0n) is 11.1. The summed E-state index contributed by atoms with van der Waals surface area (Å²) in [4.78, 5) is 11.6. The van der Waals surface area contributed by atoms with Crippen molar-refractivity contribution in [3.8, 4) is 0 Å². The summed E-state index contributed by atoms with van der Waals surface area (Å²) in [5, 5.41) is 6.44. The molecule has 3 fully saturated rings. The monoisotopic (exact) mass is 240 g/mol. The first-order valence-electron chi connectivity index (χ1n) is 6.64. The molecule has 2 heterocycles. The predicted molar refractivity (Wildman–Crippen MR) is 66.9 cm³/mol. The van der Waals surface area contributed by atoms with Crippen LogP contribution in [0, 0.1) is 11.8 Å². The van der Waals surface area contributed by atoms with Crippen LogP contribution in [0.5, 0.6) is 0 Å². The average molecular weight is 240 g/mol. The molecule has 2 aliphatic heterocycles. The Kier molecular flexibility index (Phi) is 3.61. The molecule has 0 radical (unpaired) electrons. The maximum Gasteiger partial charge on any atom is 0.407 e. The van der Waals surface area contributed by atoms with Gasteiger partial charge in [-0.2, -0.15) is 0 Å². The van der Waals surface area contributed by atoms with Crippen LogP contribution in [-0.2, 0) is 4.74 Å². The molecule has 1 saturated carbocycles. The van der Waals surface area contributed by atoms with E-state index in [0.29, 0.717) is 12.0 Å². The first kappa shape index (κ1) is 12.7. The van der Waals surface area contributed by atoms with Crippen molar-refractivity contribution < 1.29 is 9.53 Å². The largest absolute Gasteiger partial charge is 0.444 e. The lowest BCUT2D eigenvalue weighted by molar-refractivity contribution is 0.0492. The highest BCUT2D eigenvalue weighted by molar-refractivity contribution is 5.67. The van der Waals surface area contributed by atoms with E-state index in [1.165, 1.54) is 19.3 Å². The number of piperidine rings is 2. The molecule has 98 valence electrons. The molecule has 3 aliphatic rings. The van der Waals surface area contributed by atoms with E-state index < -0.39 is 5.60 Å². The van der Waals surface area contributed by atoms with Crippen LogP contribution in [0.15, 0.2) is 0 Å². The zero-order valence-corrected chi connectivity index (χ0v) is 11.1. The van der Waals surface area contributed by atoms with Crippen LogP contribution < -0.4 is 10.6 Å². The molecule has 0 spiro atoms. The molecule has 0 aromatic carbocycles. The second kappa shape index (κ2) is 4.84. The third kappa shape index (κ3) is 3.60. The zero-order chi connectivity index (χ0) is 12.5. The summed E-state index contributed by atoms with van der Waals surface area (Å²) in [5.74, 6) is 1.39. The van der Waals surface area contributed by atoms with Gasteiger partial charge in [0.25, 0.3) is 0 Å². The van der Waals surface area contributed by atoms with Crippen LogP contribution >= 0.6 is 0 Å². The Balaban J connectivity index is 1.73. The van der Waals surface area contributed by atoms with Crippen molar-refractivity contribution in [3.63, 3.8) is 0 Å². The Morgan fingerprint density at radius 2 is 2.18 bits per heavy atom. The van der Waals surface area contributed by atoms with Gasteiger partial charge in [0.15, 0.2) is 0 Å². The molecular weight excluding hydrogens is 216 g/mol. The molecular formula is C13H24N2O2. The number of hydrogen-bond donors (Lipinski definition) is 2. The molecule has 0 aromatic heterocycles. The first-order chi connectivity index (χ1) is 7.94. The fraction of sp³-hybridized carbons (Fsp3) is 0.923. The Morgan fingerprint density at radius 3 is 2.65 bits per heavy atom. The molecule has 2 bridgehead atoms. The summed E-state index contributed by atoms with van der Waals surface area (Å²) < 4.78 is 5.24. The lowest BCUT2D eigenvalue weighted by Gasteiger charge is -2.43. The van der Waals surface area contributed by atoms with Crippen LogP contribution in [0.2, 0.25) is 0 Å². The minimum absolute atomic E-state index is 0.293. The van der Waals surface area contributed by atoms with Gasteiger partial charge in [0, 0.05) is 12.6 Å². The van der Waals surface area contributed by atoms with Crippen molar-refractivity contribution in [2.45, 2.75) is 51.7 Å². The van der Waals surface area contributed by atoms with E-state index in [1.54, 1.807) is 0 Å². The van der Waals surface area contributed by atoms with Gasteiger partial charge >= 0.3 is 6.09 Å². The molecule has 1 aliphatic carbocycles. The smallest absolute Gasteiger partial charge is 0.407 e. The third-order valence-corrected chi connectivity index (χ3v) is 3.67. The van der Waals surface area contributed by atoms with Gasteiger partial charge in [0.2, 0.25) is 0 Å². The summed E-state index contributed by atoms with van der Waals surface area (Å²) in [6.07, 6.45) is 3.55. The third-order valence-electron chi connectivity index (χ3n) is 3.67. The maximum atomic E-state index is 11.6. The number of nitrogens with one attached hydrogen (secondary N) is 2. The van der Waals surface area contributed by atoms with Crippen molar-refractivity contribution in [2.75, 3.05) is 13.1 Å². The van der Waals surface area contributed by atoms with Crippen molar-refractivity contribution in [1.82, 2.24) is 10.6 Å². The summed E-state index contributed by atoms with van der Waals surface area (Å²) in [7, 11) is 0. The minimum Gasteiger partial charge on any atom is -0.444 e. The van der Waals surface area contributed by atoms with Crippen molar-refractivity contribution >= 4 is 6.09 Å². The predicted octanol–water partition coefficient (Wildman–Crippen LogP) is 1.90. The second-order valence-corrected chi connectivity index (χ2v) is 6.34. The number of rotatable bonds is 2. The van der Waals surface area contributed by atoms with E-state index in [0.717, 1.165) is 19.0 Å². The van der Waals surface area contributed by atoms with Crippen molar-refractivity contribution in [3.05, 3.63) is 0 Å². The average Bonchev–Trinajstić information content (AvgIpc) is 2.26. The van der Waals surface area contributed by atoms with E-state index in [4.69, 9.17) is 4.74 Å². The highest BCUT2D eigenvalue weighted by Crippen LogP contribution is 2.33. The van der Waals surface area contributed by atoms with E-state index in [2.05, 4.69) is 10.6 Å². The van der Waals surface area contributed by atoms with Gasteiger partial charge < -0.3 is 15.4 Å². The number of fused-ring (bicyclic) bond motifs is 3. The number of ether oxygens (including phenoxy) is 1. The molecule has 2 N–H and O–H groups in total. The molecule has 3 atom stereocenters. The van der Waals surface area contributed by atoms with Gasteiger partial charge in [-0.1, -0.05) is 0 Å². The highest BCUT2D eigenvalue weighted by atomic mass is 16.6. The van der Waals surface area contributed by atoms with Gasteiger partial charge in [-0.05, 0) is 58.4 Å². The summed E-state index contributed by atoms with van der Waals surface area (Å²) >= 11 is 0. The van der Waals surface area contributed by atoms with Crippen LogP contribution in [0.1, 0.15) is 40.0 Å². The van der Waals surface area contributed by atoms with E-state index in [1.807, 2.05) is 20.8 Å². The Hall–Kier alpha value is -0.770. The summed E-state index contributed by atoms with van der Waals surface area (Å²) in [6, 6.07) is 0.593. The van der Waals surface area contributed by atoms with Crippen LogP contribution in [-0.4, -0.2) is 30.8 Å². The van der Waals surface area contributed by atoms with E-state index in [-0.39, 0.29) is 6.09 Å². The molecule has 1 amide bonds. The number of amides is 1. The Labute approximate surface area is 103 Å². The summed E-state index contributed by atoms with van der Waals surface area (Å²) in [5.41, 5.74) is -0.409. The standard InChI is InChI=1S/C13H24N2O2/c1-13(2,3)17-12(16)15-8-10-6-9-4-5-11(10)14-7-9/h9-11,14H,4-8H2,1-3H3,(H,15,16). The molecule has 17 heavy (non-hydrogen) atoms. The molecule has 4 heteroatoms. The van der Waals surface area contributed by atoms with Crippen LogP contribution in [0.4, 0.5) is 4.79 Å². The van der Waals surface area contributed by atoms with Gasteiger partial charge in [-0.15, -0.1) is 0 Å². The Morgan fingerprint density at radius 1 is 1.41 bits per heavy atom. The molecule has 3 rings (SSSR count). The van der Waals surface area contributed by atoms with Crippen molar-refractivity contribution in [1.29, 1.82) is 0 Å². The SMILES string of the molecule is CC(C)(C)OC(=O)NCC1CC2CCC1NC2. The summed E-state index contributed by atoms with van der Waals surface area (Å²) in [6.45, 7) is 7.56. The molecule has 2 saturated heterocycles. The van der Waals surface area contributed by atoms with Crippen LogP contribution in [0.25, 0.3) is 0 Å². The van der Waals surface area contributed by atoms with E-state index in [9.17, 15) is 4.79 Å².